The Balaban J connectivity index is 0.00000274. The van der Waals surface area contributed by atoms with E-state index in [4.69, 9.17) is 11.6 Å². The number of amidine groups is 1. The predicted octanol–water partition coefficient (Wildman–Crippen LogP) is 4.76. The minimum atomic E-state index is -3.56. The summed E-state index contributed by atoms with van der Waals surface area (Å²) in [5.74, 6) is -0.149. The third kappa shape index (κ3) is 5.31. The van der Waals surface area contributed by atoms with Crippen LogP contribution in [-0.2, 0) is 14.6 Å². The average molecular weight is 541 g/mol. The van der Waals surface area contributed by atoms with E-state index >= 15 is 0 Å². The van der Waals surface area contributed by atoms with Gasteiger partial charge in [-0.15, -0.1) is 12.4 Å². The molecule has 3 aliphatic rings. The van der Waals surface area contributed by atoms with Gasteiger partial charge >= 0.3 is 0 Å². The van der Waals surface area contributed by atoms with E-state index in [0.29, 0.717) is 11.6 Å². The van der Waals surface area contributed by atoms with E-state index in [-0.39, 0.29) is 41.3 Å². The number of fused-ring (bicyclic) bond motifs is 2. The summed E-state index contributed by atoms with van der Waals surface area (Å²) in [6.45, 7) is 3.29. The Morgan fingerprint density at radius 3 is 2.76 bits per heavy atom. The second-order valence-corrected chi connectivity index (χ2v) is 12.1. The van der Waals surface area contributed by atoms with Gasteiger partial charge in [-0.2, -0.15) is 0 Å². The summed E-state index contributed by atoms with van der Waals surface area (Å²) in [4.78, 5) is 22.4. The van der Waals surface area contributed by atoms with Crippen LogP contribution in [0.4, 0.5) is 0 Å². The van der Waals surface area contributed by atoms with Crippen molar-refractivity contribution in [2.24, 2.45) is 4.99 Å². The SMILES string of the molecule is Cl.O=C(CCS(=O)(=O)c1ccc2cc(Cl)ccc2c1)C1CCCCN1CC1=CSC2=NCCN12. The highest BCUT2D eigenvalue weighted by molar-refractivity contribution is 8.16. The van der Waals surface area contributed by atoms with E-state index < -0.39 is 9.84 Å². The van der Waals surface area contributed by atoms with E-state index in [9.17, 15) is 13.2 Å². The van der Waals surface area contributed by atoms with Crippen LogP contribution in [0.15, 0.2) is 57.4 Å². The molecule has 0 N–H and O–H groups in total. The monoisotopic (exact) mass is 539 g/mol. The number of ketones is 1. The van der Waals surface area contributed by atoms with Gasteiger partial charge < -0.3 is 4.90 Å². The van der Waals surface area contributed by atoms with Crippen LogP contribution in [0.2, 0.25) is 5.02 Å². The first-order valence-electron chi connectivity index (χ1n) is 11.3. The number of rotatable bonds is 7. The molecule has 3 heterocycles. The highest BCUT2D eigenvalue weighted by atomic mass is 35.5. The molecule has 1 atom stereocenters. The number of thioether (sulfide) groups is 1. The van der Waals surface area contributed by atoms with Crippen LogP contribution in [-0.4, -0.2) is 67.1 Å². The summed E-state index contributed by atoms with van der Waals surface area (Å²) in [7, 11) is -3.56. The van der Waals surface area contributed by atoms with Crippen LogP contribution in [0.25, 0.3) is 10.8 Å². The molecule has 0 radical (unpaired) electrons. The molecule has 0 aliphatic carbocycles. The lowest BCUT2D eigenvalue weighted by Crippen LogP contribution is -2.47. The van der Waals surface area contributed by atoms with Crippen molar-refractivity contribution >= 4 is 67.3 Å². The summed E-state index contributed by atoms with van der Waals surface area (Å²) in [6, 6.07) is 10.2. The zero-order chi connectivity index (χ0) is 23.0. The highest BCUT2D eigenvalue weighted by Crippen LogP contribution is 2.31. The first-order valence-corrected chi connectivity index (χ1v) is 14.2. The minimum absolute atomic E-state index is 0. The summed E-state index contributed by atoms with van der Waals surface area (Å²) >= 11 is 7.67. The van der Waals surface area contributed by atoms with Crippen LogP contribution in [0, 0.1) is 0 Å². The molecule has 2 aromatic carbocycles. The lowest BCUT2D eigenvalue weighted by Gasteiger charge is -2.36. The molecule has 1 unspecified atom stereocenters. The number of likely N-dealkylation sites (tertiary alicyclic amines) is 1. The summed E-state index contributed by atoms with van der Waals surface area (Å²) < 4.78 is 26.0. The van der Waals surface area contributed by atoms with Crippen molar-refractivity contribution in [3.8, 4) is 0 Å². The number of carbonyl (C=O) groups is 1. The van der Waals surface area contributed by atoms with E-state index in [1.807, 2.05) is 12.1 Å². The first kappa shape index (κ1) is 25.5. The van der Waals surface area contributed by atoms with E-state index in [1.54, 1.807) is 36.0 Å². The van der Waals surface area contributed by atoms with Gasteiger partial charge in [0.05, 0.1) is 23.2 Å². The van der Waals surface area contributed by atoms with Crippen LogP contribution in [0.1, 0.15) is 25.7 Å². The molecule has 0 spiro atoms. The molecule has 2 aromatic rings. The Labute approximate surface area is 215 Å². The van der Waals surface area contributed by atoms with E-state index in [0.717, 1.165) is 54.8 Å². The second-order valence-electron chi connectivity index (χ2n) is 8.71. The van der Waals surface area contributed by atoms with Gasteiger partial charge in [0.1, 0.15) is 0 Å². The molecule has 0 bridgehead atoms. The summed E-state index contributed by atoms with van der Waals surface area (Å²) in [6.07, 6.45) is 2.88. The number of aliphatic imine (C=N–C) groups is 1. The van der Waals surface area contributed by atoms with Crippen molar-refractivity contribution in [2.75, 3.05) is 31.9 Å². The molecule has 0 amide bonds. The van der Waals surface area contributed by atoms with Crippen molar-refractivity contribution in [1.82, 2.24) is 9.80 Å². The Hall–Kier alpha value is -1.58. The van der Waals surface area contributed by atoms with Crippen LogP contribution < -0.4 is 0 Å². The normalized spacial score (nSPS) is 20.6. The highest BCUT2D eigenvalue weighted by Gasteiger charge is 2.33. The Bertz CT molecular complexity index is 1260. The molecule has 6 nitrogen and oxygen atoms in total. The average Bonchev–Trinajstić information content (AvgIpc) is 3.43. The third-order valence-corrected chi connectivity index (χ3v) is 9.45. The van der Waals surface area contributed by atoms with Crippen molar-refractivity contribution in [2.45, 2.75) is 36.6 Å². The fraction of sp³-hybridized carbons (Fsp3) is 0.417. The fourth-order valence-corrected chi connectivity index (χ4v) is 7.17. The molecule has 0 saturated carbocycles. The minimum Gasteiger partial charge on any atom is -0.321 e. The van der Waals surface area contributed by atoms with Gasteiger partial charge in [-0.3, -0.25) is 14.7 Å². The zero-order valence-electron chi connectivity index (χ0n) is 18.7. The maximum absolute atomic E-state index is 13.2. The maximum Gasteiger partial charge on any atom is 0.178 e. The number of benzene rings is 2. The fourth-order valence-electron chi connectivity index (χ4n) is 4.76. The van der Waals surface area contributed by atoms with Gasteiger partial charge in [-0.05, 0) is 59.8 Å². The molecule has 0 aromatic heterocycles. The largest absolute Gasteiger partial charge is 0.321 e. The summed E-state index contributed by atoms with van der Waals surface area (Å²) in [5, 5.41) is 5.50. The van der Waals surface area contributed by atoms with Crippen LogP contribution in [0.5, 0.6) is 0 Å². The number of halogens is 2. The molecule has 1 fully saturated rings. The second kappa shape index (κ2) is 10.6. The van der Waals surface area contributed by atoms with Crippen molar-refractivity contribution < 1.29 is 13.2 Å². The number of Topliss-reactive ketones (excluding diaryl/α,β-unsaturated/α-hetero) is 1. The zero-order valence-corrected chi connectivity index (χ0v) is 21.9. The Morgan fingerprint density at radius 1 is 1.12 bits per heavy atom. The van der Waals surface area contributed by atoms with Gasteiger partial charge in [0.15, 0.2) is 20.8 Å². The predicted molar refractivity (Wildman–Crippen MR) is 142 cm³/mol. The lowest BCUT2D eigenvalue weighted by molar-refractivity contribution is -0.124. The topological polar surface area (TPSA) is 70.0 Å². The van der Waals surface area contributed by atoms with Gasteiger partial charge in [-0.1, -0.05) is 41.9 Å². The molecule has 5 rings (SSSR count). The maximum atomic E-state index is 13.2. The number of hydrogen-bond donors (Lipinski definition) is 0. The molecule has 34 heavy (non-hydrogen) atoms. The van der Waals surface area contributed by atoms with Crippen molar-refractivity contribution in [1.29, 1.82) is 0 Å². The number of hydrogen-bond acceptors (Lipinski definition) is 7. The van der Waals surface area contributed by atoms with E-state index in [2.05, 4.69) is 20.2 Å². The van der Waals surface area contributed by atoms with Crippen molar-refractivity contribution in [3.05, 3.63) is 52.5 Å². The first-order chi connectivity index (χ1) is 15.9. The van der Waals surface area contributed by atoms with Gasteiger partial charge in [0.25, 0.3) is 0 Å². The van der Waals surface area contributed by atoms with Gasteiger partial charge in [0.2, 0.25) is 0 Å². The summed E-state index contributed by atoms with van der Waals surface area (Å²) in [5.41, 5.74) is 1.19. The molecule has 3 aliphatic heterocycles. The molecule has 182 valence electrons. The number of nitrogens with zero attached hydrogens (tertiary/aromatic N) is 3. The quantitative estimate of drug-likeness (QED) is 0.505. The standard InChI is InChI=1S/C24H26ClN3O3S2.ClH/c25-19-6-4-18-14-21(7-5-17(18)13-19)33(30,31)12-8-23(29)22-3-1-2-10-27(22)15-20-16-32-24-26-9-11-28(20)24;/h4-7,13-14,16,22H,1-3,8-12,15H2;1H. The van der Waals surface area contributed by atoms with Crippen LogP contribution >= 0.6 is 35.8 Å². The molecular formula is C24H27Cl2N3O3S2. The van der Waals surface area contributed by atoms with E-state index in [1.165, 1.54) is 5.70 Å². The molecule has 10 heteroatoms. The lowest BCUT2D eigenvalue weighted by atomic mass is 9.97. The smallest absolute Gasteiger partial charge is 0.178 e. The third-order valence-electron chi connectivity index (χ3n) is 6.55. The Morgan fingerprint density at radius 2 is 1.91 bits per heavy atom. The number of sulfone groups is 1. The van der Waals surface area contributed by atoms with Gasteiger partial charge in [-0.25, -0.2) is 8.42 Å². The molecular weight excluding hydrogens is 513 g/mol. The Kier molecular flexibility index (Phi) is 7.94. The molecule has 1 saturated heterocycles. The van der Waals surface area contributed by atoms with Gasteiger partial charge in [0, 0.05) is 30.2 Å². The van der Waals surface area contributed by atoms with Crippen LogP contribution in [0.3, 0.4) is 0 Å². The number of piperidine rings is 1. The number of carbonyl (C=O) groups excluding carboxylic acids is 1. The van der Waals surface area contributed by atoms with Crippen molar-refractivity contribution in [3.63, 3.8) is 0 Å².